The number of hydrogen-bond acceptors (Lipinski definition) is 2. The maximum Gasteiger partial charge on any atom is 0.434 e. The van der Waals surface area contributed by atoms with Gasteiger partial charge in [-0.3, -0.25) is 4.98 Å². The van der Waals surface area contributed by atoms with Crippen LogP contribution in [-0.4, -0.2) is 16.1 Å². The van der Waals surface area contributed by atoms with E-state index in [2.05, 4.69) is 4.98 Å². The van der Waals surface area contributed by atoms with Gasteiger partial charge in [0.1, 0.15) is 0 Å². The van der Waals surface area contributed by atoms with Gasteiger partial charge in [0.15, 0.2) is 5.69 Å². The first-order chi connectivity index (χ1) is 6.34. The molecule has 1 N–H and O–H groups in total. The Morgan fingerprint density at radius 3 is 2.50 bits per heavy atom. The van der Waals surface area contributed by atoms with Crippen molar-refractivity contribution in [1.82, 2.24) is 4.98 Å². The summed E-state index contributed by atoms with van der Waals surface area (Å²) in [5.41, 5.74) is -1.56. The van der Waals surface area contributed by atoms with Crippen molar-refractivity contribution in [2.45, 2.75) is 6.18 Å². The topological polar surface area (TPSA) is 50.2 Å². The SMILES string of the molecule is O=C(O)c1ccnc(C(F)(F)F)c1I. The second-order valence-corrected chi connectivity index (χ2v) is 3.40. The number of hydrogen-bond donors (Lipinski definition) is 1. The van der Waals surface area contributed by atoms with E-state index in [1.54, 1.807) is 0 Å². The molecule has 7 heteroatoms. The Hall–Kier alpha value is -0.860. The van der Waals surface area contributed by atoms with Crippen molar-refractivity contribution < 1.29 is 23.1 Å². The van der Waals surface area contributed by atoms with Gasteiger partial charge in [-0.1, -0.05) is 0 Å². The van der Waals surface area contributed by atoms with Crippen LogP contribution in [0.25, 0.3) is 0 Å². The molecular weight excluding hydrogens is 314 g/mol. The van der Waals surface area contributed by atoms with Gasteiger partial charge in [0.05, 0.1) is 9.13 Å². The van der Waals surface area contributed by atoms with E-state index < -0.39 is 27.0 Å². The van der Waals surface area contributed by atoms with E-state index in [4.69, 9.17) is 5.11 Å². The quantitative estimate of drug-likeness (QED) is 0.809. The molecule has 1 heterocycles. The molecule has 0 aromatic carbocycles. The zero-order valence-electron chi connectivity index (χ0n) is 6.47. The van der Waals surface area contributed by atoms with Gasteiger partial charge in [0.25, 0.3) is 0 Å². The molecule has 3 nitrogen and oxygen atoms in total. The predicted molar refractivity (Wildman–Crippen MR) is 48.9 cm³/mol. The minimum atomic E-state index is -4.62. The highest BCUT2D eigenvalue weighted by Gasteiger charge is 2.36. The van der Waals surface area contributed by atoms with Crippen molar-refractivity contribution in [2.75, 3.05) is 0 Å². The number of halogens is 4. The molecule has 1 aromatic heterocycles. The lowest BCUT2D eigenvalue weighted by Crippen LogP contribution is -2.13. The number of carboxylic acid groups (broad SMARTS) is 1. The molecule has 0 saturated carbocycles. The number of carboxylic acids is 1. The molecule has 0 fully saturated rings. The third kappa shape index (κ3) is 2.14. The van der Waals surface area contributed by atoms with Gasteiger partial charge in [-0.05, 0) is 28.7 Å². The van der Waals surface area contributed by atoms with Gasteiger partial charge in [0, 0.05) is 6.20 Å². The summed E-state index contributed by atoms with van der Waals surface area (Å²) in [6, 6.07) is 1.03. The highest BCUT2D eigenvalue weighted by atomic mass is 127. The van der Waals surface area contributed by atoms with Crippen LogP contribution in [-0.2, 0) is 6.18 Å². The van der Waals surface area contributed by atoms with Crippen LogP contribution in [0, 0.1) is 3.57 Å². The highest BCUT2D eigenvalue weighted by Crippen LogP contribution is 2.32. The normalized spacial score (nSPS) is 11.4. The van der Waals surface area contributed by atoms with Crippen LogP contribution in [0.15, 0.2) is 12.3 Å². The van der Waals surface area contributed by atoms with Crippen LogP contribution in [0.2, 0.25) is 0 Å². The summed E-state index contributed by atoms with van der Waals surface area (Å²) in [4.78, 5) is 13.6. The van der Waals surface area contributed by atoms with Gasteiger partial charge < -0.3 is 5.11 Å². The smallest absolute Gasteiger partial charge is 0.434 e. The molecule has 0 aliphatic rings. The summed E-state index contributed by atoms with van der Waals surface area (Å²) < 4.78 is 36.3. The second kappa shape index (κ2) is 3.71. The van der Waals surface area contributed by atoms with Crippen LogP contribution in [0.3, 0.4) is 0 Å². The van der Waals surface area contributed by atoms with E-state index in [1.165, 1.54) is 22.6 Å². The molecule has 0 aliphatic carbocycles. The van der Waals surface area contributed by atoms with Crippen molar-refractivity contribution in [1.29, 1.82) is 0 Å². The van der Waals surface area contributed by atoms with E-state index in [0.29, 0.717) is 0 Å². The fraction of sp³-hybridized carbons (Fsp3) is 0.143. The fourth-order valence-corrected chi connectivity index (χ4v) is 1.66. The molecule has 0 amide bonds. The lowest BCUT2D eigenvalue weighted by molar-refractivity contribution is -0.141. The predicted octanol–water partition coefficient (Wildman–Crippen LogP) is 2.40. The molecule has 0 bridgehead atoms. The van der Waals surface area contributed by atoms with Crippen molar-refractivity contribution in [3.63, 3.8) is 0 Å². The molecular formula is C7H3F3INO2. The average molecular weight is 317 g/mol. The standard InChI is InChI=1S/C7H3F3INO2/c8-7(9,10)5-4(11)3(6(13)14)1-2-12-5/h1-2H,(H,13,14). The Morgan fingerprint density at radius 2 is 2.07 bits per heavy atom. The lowest BCUT2D eigenvalue weighted by Gasteiger charge is -2.08. The first kappa shape index (κ1) is 11.2. The molecule has 0 unspecified atom stereocenters. The second-order valence-electron chi connectivity index (χ2n) is 2.32. The van der Waals surface area contributed by atoms with Crippen LogP contribution in [0.4, 0.5) is 13.2 Å². The largest absolute Gasteiger partial charge is 0.478 e. The van der Waals surface area contributed by atoms with Crippen LogP contribution in [0.5, 0.6) is 0 Å². The molecule has 0 atom stereocenters. The van der Waals surface area contributed by atoms with Crippen LogP contribution < -0.4 is 0 Å². The van der Waals surface area contributed by atoms with Crippen LogP contribution >= 0.6 is 22.6 Å². The Kier molecular flexibility index (Phi) is 2.98. The van der Waals surface area contributed by atoms with Gasteiger partial charge in [-0.15, -0.1) is 0 Å². The van der Waals surface area contributed by atoms with E-state index in [9.17, 15) is 18.0 Å². The fourth-order valence-electron chi connectivity index (χ4n) is 0.807. The van der Waals surface area contributed by atoms with E-state index in [1.807, 2.05) is 0 Å². The molecule has 0 aliphatic heterocycles. The Balaban J connectivity index is 3.35. The van der Waals surface area contributed by atoms with Gasteiger partial charge in [0.2, 0.25) is 0 Å². The summed E-state index contributed by atoms with van der Waals surface area (Å²) >= 11 is 1.32. The number of nitrogens with zero attached hydrogens (tertiary/aromatic N) is 1. The van der Waals surface area contributed by atoms with E-state index in [-0.39, 0.29) is 0 Å². The lowest BCUT2D eigenvalue weighted by atomic mass is 10.2. The maximum absolute atomic E-state index is 12.2. The first-order valence-corrected chi connectivity index (χ1v) is 4.37. The first-order valence-electron chi connectivity index (χ1n) is 3.29. The average Bonchev–Trinajstić information content (AvgIpc) is 2.01. The summed E-state index contributed by atoms with van der Waals surface area (Å²) in [5, 5.41) is 8.56. The molecule has 1 aromatic rings. The van der Waals surface area contributed by atoms with Crippen LogP contribution in [0.1, 0.15) is 16.1 Å². The highest BCUT2D eigenvalue weighted by molar-refractivity contribution is 14.1. The Labute approximate surface area is 90.1 Å². The zero-order valence-corrected chi connectivity index (χ0v) is 8.63. The third-order valence-electron chi connectivity index (χ3n) is 1.39. The zero-order chi connectivity index (χ0) is 10.9. The summed E-state index contributed by atoms with van der Waals surface area (Å²) in [7, 11) is 0. The van der Waals surface area contributed by atoms with Gasteiger partial charge in [-0.25, -0.2) is 4.79 Å². The molecule has 0 spiro atoms. The minimum absolute atomic E-state index is 0.395. The summed E-state index contributed by atoms with van der Waals surface area (Å²) in [6.45, 7) is 0. The Bertz CT molecular complexity index is 378. The molecule has 76 valence electrons. The number of pyridine rings is 1. The summed E-state index contributed by atoms with van der Waals surface area (Å²) in [6.07, 6.45) is -3.80. The minimum Gasteiger partial charge on any atom is -0.478 e. The van der Waals surface area contributed by atoms with E-state index >= 15 is 0 Å². The molecule has 0 saturated heterocycles. The van der Waals surface area contributed by atoms with Crippen molar-refractivity contribution in [3.8, 4) is 0 Å². The number of rotatable bonds is 1. The van der Waals surface area contributed by atoms with Crippen molar-refractivity contribution in [2.24, 2.45) is 0 Å². The Morgan fingerprint density at radius 1 is 1.50 bits per heavy atom. The summed E-state index contributed by atoms with van der Waals surface area (Å²) in [5.74, 6) is -1.40. The monoisotopic (exact) mass is 317 g/mol. The number of carbonyl (C=O) groups is 1. The number of aromatic carboxylic acids is 1. The van der Waals surface area contributed by atoms with Crippen molar-refractivity contribution >= 4 is 28.6 Å². The number of aromatic nitrogens is 1. The number of alkyl halides is 3. The molecule has 1 rings (SSSR count). The molecule has 0 radical (unpaired) electrons. The third-order valence-corrected chi connectivity index (χ3v) is 2.48. The van der Waals surface area contributed by atoms with Gasteiger partial charge in [-0.2, -0.15) is 13.2 Å². The van der Waals surface area contributed by atoms with Gasteiger partial charge >= 0.3 is 12.1 Å². The van der Waals surface area contributed by atoms with Crippen molar-refractivity contribution in [3.05, 3.63) is 27.1 Å². The van der Waals surface area contributed by atoms with E-state index in [0.717, 1.165) is 12.3 Å². The molecule has 14 heavy (non-hydrogen) atoms. The maximum atomic E-state index is 12.2.